The third kappa shape index (κ3) is 6.45. The smallest absolute Gasteiger partial charge is 0.240 e. The van der Waals surface area contributed by atoms with E-state index in [9.17, 15) is 9.18 Å². The number of benzene rings is 2. The van der Waals surface area contributed by atoms with E-state index >= 15 is 0 Å². The zero-order chi connectivity index (χ0) is 24.3. The molecule has 5 nitrogen and oxygen atoms in total. The van der Waals surface area contributed by atoms with Crippen molar-refractivity contribution < 1.29 is 9.18 Å². The molecule has 4 rings (SSSR count). The number of carbonyl (C=O) groups excluding carboxylic acids is 1. The highest BCUT2D eigenvalue weighted by Crippen LogP contribution is 2.22. The molecule has 1 saturated heterocycles. The van der Waals surface area contributed by atoms with Crippen LogP contribution in [0.25, 0.3) is 0 Å². The van der Waals surface area contributed by atoms with E-state index in [0.717, 1.165) is 18.7 Å². The van der Waals surface area contributed by atoms with Crippen LogP contribution in [-0.2, 0) is 30.8 Å². The van der Waals surface area contributed by atoms with Crippen molar-refractivity contribution in [2.45, 2.75) is 59.3 Å². The van der Waals surface area contributed by atoms with Crippen LogP contribution in [0.2, 0.25) is 5.02 Å². The van der Waals surface area contributed by atoms with Gasteiger partial charge in [-0.2, -0.15) is 0 Å². The summed E-state index contributed by atoms with van der Waals surface area (Å²) < 4.78 is 15.7. The van der Waals surface area contributed by atoms with Gasteiger partial charge in [-0.15, -0.1) is 0 Å². The zero-order valence-electron chi connectivity index (χ0n) is 20.0. The lowest BCUT2D eigenvalue weighted by atomic mass is 9.88. The number of imidazole rings is 1. The van der Waals surface area contributed by atoms with Crippen LogP contribution in [0.15, 0.2) is 55.0 Å². The van der Waals surface area contributed by atoms with Crippen LogP contribution in [0.1, 0.15) is 49.6 Å². The molecule has 2 aromatic carbocycles. The number of nitrogens with zero attached hydrogens (tertiary/aromatic N) is 3. The summed E-state index contributed by atoms with van der Waals surface area (Å²) in [5.74, 6) is -0.359. The van der Waals surface area contributed by atoms with Gasteiger partial charge in [-0.1, -0.05) is 56.6 Å². The van der Waals surface area contributed by atoms with Crippen LogP contribution in [0.4, 0.5) is 4.39 Å². The topological polar surface area (TPSA) is 50.2 Å². The third-order valence-corrected chi connectivity index (χ3v) is 6.25. The average molecular weight is 483 g/mol. The normalized spacial score (nSPS) is 16.4. The van der Waals surface area contributed by atoms with Crippen molar-refractivity contribution in [2.24, 2.45) is 5.41 Å². The molecular weight excluding hydrogens is 451 g/mol. The summed E-state index contributed by atoms with van der Waals surface area (Å²) in [5.41, 5.74) is 4.55. The molecule has 1 fully saturated rings. The number of amides is 1. The van der Waals surface area contributed by atoms with Crippen molar-refractivity contribution in [3.05, 3.63) is 88.2 Å². The minimum absolute atomic E-state index is 0.0286. The van der Waals surface area contributed by atoms with Crippen molar-refractivity contribution in [1.82, 2.24) is 19.8 Å². The van der Waals surface area contributed by atoms with Crippen LogP contribution >= 0.6 is 11.6 Å². The number of hydrogen-bond donors (Lipinski definition) is 1. The number of halogens is 2. The molecule has 0 spiro atoms. The van der Waals surface area contributed by atoms with Gasteiger partial charge in [-0.25, -0.2) is 9.37 Å². The summed E-state index contributed by atoms with van der Waals surface area (Å²) in [7, 11) is 0. The summed E-state index contributed by atoms with van der Waals surface area (Å²) in [6.45, 7) is 9.02. The number of nitrogens with one attached hydrogen (secondary N) is 1. The van der Waals surface area contributed by atoms with Gasteiger partial charge in [0.05, 0.1) is 18.1 Å². The van der Waals surface area contributed by atoms with Crippen molar-refractivity contribution in [3.63, 3.8) is 0 Å². The van der Waals surface area contributed by atoms with E-state index in [1.807, 2.05) is 12.5 Å². The fourth-order valence-corrected chi connectivity index (χ4v) is 4.69. The first-order valence-electron chi connectivity index (χ1n) is 11.7. The lowest BCUT2D eigenvalue weighted by molar-refractivity contribution is -0.129. The number of likely N-dealkylation sites (tertiary alicyclic amines) is 1. The molecule has 0 bridgehead atoms. The molecule has 1 N–H and O–H groups in total. The van der Waals surface area contributed by atoms with E-state index in [2.05, 4.69) is 59.9 Å². The van der Waals surface area contributed by atoms with Gasteiger partial charge in [0, 0.05) is 37.4 Å². The molecule has 1 aromatic heterocycles. The van der Waals surface area contributed by atoms with Gasteiger partial charge in [0.2, 0.25) is 5.91 Å². The highest BCUT2D eigenvalue weighted by molar-refractivity contribution is 6.30. The average Bonchev–Trinajstić information content (AvgIpc) is 3.33. The maximum Gasteiger partial charge on any atom is 0.240 e. The summed E-state index contributed by atoms with van der Waals surface area (Å²) in [6, 6.07) is 12.9. The van der Waals surface area contributed by atoms with Gasteiger partial charge in [0.15, 0.2) is 0 Å². The predicted molar refractivity (Wildman–Crippen MR) is 133 cm³/mol. The van der Waals surface area contributed by atoms with Crippen LogP contribution in [-0.4, -0.2) is 32.9 Å². The maximum absolute atomic E-state index is 13.6. The Hall–Kier alpha value is -2.70. The molecule has 3 aromatic rings. The minimum Gasteiger partial charge on any atom is -0.337 e. The Morgan fingerprint density at radius 2 is 1.82 bits per heavy atom. The minimum atomic E-state index is -0.388. The van der Waals surface area contributed by atoms with Crippen molar-refractivity contribution in [3.8, 4) is 0 Å². The molecule has 180 valence electrons. The van der Waals surface area contributed by atoms with E-state index < -0.39 is 0 Å². The Balaban J connectivity index is 1.32. The fraction of sp³-hybridized carbons (Fsp3) is 0.407. The second-order valence-corrected chi connectivity index (χ2v) is 10.8. The molecule has 2 heterocycles. The standard InChI is InChI=1S/C27H32ClFN4O/c1-27(2,3)13-19-4-6-20(7-5-19)16-33-18-30-14-24(33)15-31-25-8-9-32(26(25)34)17-21-10-22(28)12-23(29)11-21/h4-7,10-12,14,18,25,31H,8-9,13,15-17H2,1-3H3. The van der Waals surface area contributed by atoms with Crippen molar-refractivity contribution >= 4 is 17.5 Å². The third-order valence-electron chi connectivity index (χ3n) is 6.03. The lowest BCUT2D eigenvalue weighted by Crippen LogP contribution is -2.38. The van der Waals surface area contributed by atoms with E-state index in [0.29, 0.717) is 36.6 Å². The number of aromatic nitrogens is 2. The molecule has 0 radical (unpaired) electrons. The van der Waals surface area contributed by atoms with E-state index in [-0.39, 0.29) is 23.2 Å². The Bertz CT molecular complexity index is 1120. The molecular formula is C27H32ClFN4O. The van der Waals surface area contributed by atoms with Gasteiger partial charge >= 0.3 is 0 Å². The summed E-state index contributed by atoms with van der Waals surface area (Å²) >= 11 is 5.95. The first kappa shape index (κ1) is 24.4. The largest absolute Gasteiger partial charge is 0.337 e. The van der Waals surface area contributed by atoms with Crippen molar-refractivity contribution in [2.75, 3.05) is 6.54 Å². The molecule has 0 aliphatic carbocycles. The molecule has 0 saturated carbocycles. The second-order valence-electron chi connectivity index (χ2n) is 10.3. The monoisotopic (exact) mass is 482 g/mol. The van der Waals surface area contributed by atoms with Crippen molar-refractivity contribution in [1.29, 1.82) is 0 Å². The van der Waals surface area contributed by atoms with Crippen LogP contribution in [0.5, 0.6) is 0 Å². The number of carbonyl (C=O) groups is 1. The summed E-state index contributed by atoms with van der Waals surface area (Å²) in [6.07, 6.45) is 5.43. The molecule has 1 aliphatic rings. The Morgan fingerprint density at radius 1 is 1.09 bits per heavy atom. The van der Waals surface area contributed by atoms with E-state index in [4.69, 9.17) is 11.6 Å². The highest BCUT2D eigenvalue weighted by atomic mass is 35.5. The Labute approximate surface area is 205 Å². The molecule has 34 heavy (non-hydrogen) atoms. The Morgan fingerprint density at radius 3 is 2.53 bits per heavy atom. The molecule has 1 amide bonds. The molecule has 1 atom stereocenters. The van der Waals surface area contributed by atoms with Gasteiger partial charge in [-0.05, 0) is 53.1 Å². The highest BCUT2D eigenvalue weighted by Gasteiger charge is 2.31. The lowest BCUT2D eigenvalue weighted by Gasteiger charge is -2.18. The molecule has 7 heteroatoms. The van der Waals surface area contributed by atoms with Gasteiger partial charge in [-0.3, -0.25) is 4.79 Å². The van der Waals surface area contributed by atoms with Crippen LogP contribution in [0.3, 0.4) is 0 Å². The Kier molecular flexibility index (Phi) is 7.39. The first-order valence-corrected chi connectivity index (χ1v) is 12.1. The number of rotatable bonds is 8. The predicted octanol–water partition coefficient (Wildman–Crippen LogP) is 5.20. The van der Waals surface area contributed by atoms with Crippen LogP contribution < -0.4 is 5.32 Å². The maximum atomic E-state index is 13.6. The first-order chi connectivity index (χ1) is 16.2. The SMILES string of the molecule is CC(C)(C)Cc1ccc(Cn2cncc2CNC2CCN(Cc3cc(F)cc(Cl)c3)C2=O)cc1. The van der Waals surface area contributed by atoms with Crippen LogP contribution in [0, 0.1) is 11.2 Å². The van der Waals surface area contributed by atoms with E-state index in [1.165, 1.54) is 23.3 Å². The zero-order valence-corrected chi connectivity index (χ0v) is 20.8. The summed E-state index contributed by atoms with van der Waals surface area (Å²) in [5, 5.41) is 3.72. The van der Waals surface area contributed by atoms with E-state index in [1.54, 1.807) is 11.0 Å². The second kappa shape index (κ2) is 10.3. The van der Waals surface area contributed by atoms with Gasteiger partial charge in [0.1, 0.15) is 5.82 Å². The molecule has 1 aliphatic heterocycles. The van der Waals surface area contributed by atoms with Gasteiger partial charge < -0.3 is 14.8 Å². The fourth-order valence-electron chi connectivity index (χ4n) is 4.45. The van der Waals surface area contributed by atoms with Gasteiger partial charge in [0.25, 0.3) is 0 Å². The quantitative estimate of drug-likeness (QED) is 0.480. The number of hydrogen-bond acceptors (Lipinski definition) is 3. The summed E-state index contributed by atoms with van der Waals surface area (Å²) in [4.78, 5) is 18.9. The molecule has 1 unspecified atom stereocenters.